The molecular formula is C16H24N4O2. The van der Waals surface area contributed by atoms with Crippen LogP contribution in [0.5, 0.6) is 0 Å². The molecule has 2 fully saturated rings. The molecule has 0 atom stereocenters. The van der Waals surface area contributed by atoms with Gasteiger partial charge in [0.25, 0.3) is 0 Å². The van der Waals surface area contributed by atoms with E-state index in [1.165, 1.54) is 32.1 Å². The third-order valence-electron chi connectivity index (χ3n) is 4.90. The van der Waals surface area contributed by atoms with Crippen molar-refractivity contribution in [3.8, 4) is 0 Å². The molecule has 1 saturated carbocycles. The van der Waals surface area contributed by atoms with Gasteiger partial charge in [-0.2, -0.15) is 0 Å². The van der Waals surface area contributed by atoms with Gasteiger partial charge in [-0.15, -0.1) is 0 Å². The Bertz CT molecular complexity index is 535. The van der Waals surface area contributed by atoms with Crippen LogP contribution in [-0.4, -0.2) is 47.0 Å². The number of nitrogens with zero attached hydrogens (tertiary/aromatic N) is 4. The molecule has 22 heavy (non-hydrogen) atoms. The van der Waals surface area contributed by atoms with E-state index in [1.807, 2.05) is 6.92 Å². The summed E-state index contributed by atoms with van der Waals surface area (Å²) in [4.78, 5) is 20.0. The number of rotatable bonds is 3. The number of hydrogen-bond acceptors (Lipinski definition) is 5. The molecule has 1 aromatic rings. The number of hydrogen-bond donors (Lipinski definition) is 0. The minimum absolute atomic E-state index is 0.122. The van der Waals surface area contributed by atoms with E-state index in [1.54, 1.807) is 12.1 Å². The zero-order valence-corrected chi connectivity index (χ0v) is 13.2. The number of nitro groups is 1. The molecule has 0 amide bonds. The number of aryl methyl sites for hydroxylation is 1. The standard InChI is InChI=1S/C16H24N4O2/c1-13-7-8-15(20(21)22)16(17-13)19-11-9-18(10-12-19)14-5-3-2-4-6-14/h7-8,14H,2-6,9-12H2,1H3. The summed E-state index contributed by atoms with van der Waals surface area (Å²) in [6, 6.07) is 4.00. The van der Waals surface area contributed by atoms with E-state index >= 15 is 0 Å². The molecule has 120 valence electrons. The molecule has 0 spiro atoms. The number of pyridine rings is 1. The smallest absolute Gasteiger partial charge is 0.311 e. The molecule has 6 heteroatoms. The number of piperazine rings is 1. The van der Waals surface area contributed by atoms with Crippen molar-refractivity contribution in [2.45, 2.75) is 45.1 Å². The minimum Gasteiger partial charge on any atom is -0.348 e. The highest BCUT2D eigenvalue weighted by atomic mass is 16.6. The van der Waals surface area contributed by atoms with Gasteiger partial charge in [0.1, 0.15) is 0 Å². The van der Waals surface area contributed by atoms with Crippen LogP contribution in [-0.2, 0) is 0 Å². The predicted molar refractivity (Wildman–Crippen MR) is 86.3 cm³/mol. The summed E-state index contributed by atoms with van der Waals surface area (Å²) in [5, 5.41) is 11.2. The largest absolute Gasteiger partial charge is 0.348 e. The van der Waals surface area contributed by atoms with Gasteiger partial charge in [0.05, 0.1) is 4.92 Å². The fraction of sp³-hybridized carbons (Fsp3) is 0.688. The van der Waals surface area contributed by atoms with Crippen LogP contribution in [0.2, 0.25) is 0 Å². The van der Waals surface area contributed by atoms with Gasteiger partial charge in [0.2, 0.25) is 5.82 Å². The van der Waals surface area contributed by atoms with Crippen LogP contribution < -0.4 is 4.90 Å². The normalized spacial score (nSPS) is 21.0. The second kappa shape index (κ2) is 6.60. The zero-order chi connectivity index (χ0) is 15.5. The van der Waals surface area contributed by atoms with Crippen LogP contribution in [0.1, 0.15) is 37.8 Å². The first-order valence-corrected chi connectivity index (χ1v) is 8.26. The van der Waals surface area contributed by atoms with Crippen LogP contribution >= 0.6 is 0 Å². The SMILES string of the molecule is Cc1ccc([N+](=O)[O-])c(N2CCN(C3CCCCC3)CC2)n1. The lowest BCUT2D eigenvalue weighted by Gasteiger charge is -2.41. The van der Waals surface area contributed by atoms with Gasteiger partial charge in [0.15, 0.2) is 0 Å². The van der Waals surface area contributed by atoms with Crippen LogP contribution in [0, 0.1) is 17.0 Å². The third kappa shape index (κ3) is 3.21. The highest BCUT2D eigenvalue weighted by Gasteiger charge is 2.28. The first-order valence-electron chi connectivity index (χ1n) is 8.26. The summed E-state index contributed by atoms with van der Waals surface area (Å²) >= 11 is 0. The van der Waals surface area contributed by atoms with Gasteiger partial charge in [-0.3, -0.25) is 15.0 Å². The second-order valence-corrected chi connectivity index (χ2v) is 6.37. The molecule has 0 bridgehead atoms. The van der Waals surface area contributed by atoms with Crippen molar-refractivity contribution in [1.29, 1.82) is 0 Å². The lowest BCUT2D eigenvalue weighted by atomic mass is 9.94. The van der Waals surface area contributed by atoms with E-state index < -0.39 is 0 Å². The Morgan fingerprint density at radius 1 is 1.14 bits per heavy atom. The molecule has 6 nitrogen and oxygen atoms in total. The van der Waals surface area contributed by atoms with E-state index in [-0.39, 0.29) is 10.6 Å². The second-order valence-electron chi connectivity index (χ2n) is 6.37. The third-order valence-corrected chi connectivity index (χ3v) is 4.90. The molecule has 0 aromatic carbocycles. The number of aromatic nitrogens is 1. The molecule has 0 unspecified atom stereocenters. The van der Waals surface area contributed by atoms with Crippen LogP contribution in [0.4, 0.5) is 11.5 Å². The lowest BCUT2D eigenvalue weighted by molar-refractivity contribution is -0.384. The Hall–Kier alpha value is -1.69. The van der Waals surface area contributed by atoms with Gasteiger partial charge in [-0.25, -0.2) is 4.98 Å². The maximum Gasteiger partial charge on any atom is 0.311 e. The average Bonchev–Trinajstić information content (AvgIpc) is 2.55. The van der Waals surface area contributed by atoms with E-state index in [4.69, 9.17) is 0 Å². The summed E-state index contributed by atoms with van der Waals surface area (Å²) in [6.45, 7) is 5.50. The summed E-state index contributed by atoms with van der Waals surface area (Å²) in [6.07, 6.45) is 6.67. The summed E-state index contributed by atoms with van der Waals surface area (Å²) in [5.41, 5.74) is 0.951. The van der Waals surface area contributed by atoms with Gasteiger partial charge in [-0.1, -0.05) is 19.3 Å². The van der Waals surface area contributed by atoms with E-state index in [0.29, 0.717) is 5.82 Å². The minimum atomic E-state index is -0.324. The summed E-state index contributed by atoms with van der Waals surface area (Å²) < 4.78 is 0. The molecule has 1 aliphatic carbocycles. The zero-order valence-electron chi connectivity index (χ0n) is 13.2. The molecule has 2 heterocycles. The Balaban J connectivity index is 1.68. The Labute approximate surface area is 131 Å². The van der Waals surface area contributed by atoms with E-state index in [2.05, 4.69) is 14.8 Å². The molecular weight excluding hydrogens is 280 g/mol. The summed E-state index contributed by atoms with van der Waals surface area (Å²) in [7, 11) is 0. The Kier molecular flexibility index (Phi) is 4.57. The highest BCUT2D eigenvalue weighted by molar-refractivity contribution is 5.58. The van der Waals surface area contributed by atoms with E-state index in [9.17, 15) is 10.1 Å². The average molecular weight is 304 g/mol. The van der Waals surface area contributed by atoms with E-state index in [0.717, 1.165) is 37.9 Å². The van der Waals surface area contributed by atoms with Gasteiger partial charge >= 0.3 is 5.69 Å². The first kappa shape index (κ1) is 15.2. The summed E-state index contributed by atoms with van der Waals surface area (Å²) in [5.74, 6) is 0.535. The number of anilines is 1. The fourth-order valence-electron chi connectivity index (χ4n) is 3.66. The molecule has 1 saturated heterocycles. The molecule has 3 rings (SSSR count). The maximum atomic E-state index is 11.2. The van der Waals surface area contributed by atoms with Crippen molar-refractivity contribution in [1.82, 2.24) is 9.88 Å². The molecule has 0 N–H and O–H groups in total. The van der Waals surface area contributed by atoms with Crippen molar-refractivity contribution in [3.05, 3.63) is 27.9 Å². The van der Waals surface area contributed by atoms with Crippen LogP contribution in [0.25, 0.3) is 0 Å². The molecule has 1 aliphatic heterocycles. The van der Waals surface area contributed by atoms with Crippen LogP contribution in [0.15, 0.2) is 12.1 Å². The van der Waals surface area contributed by atoms with Gasteiger partial charge in [-0.05, 0) is 25.8 Å². The molecule has 0 radical (unpaired) electrons. The van der Waals surface area contributed by atoms with Gasteiger partial charge in [0, 0.05) is 44.0 Å². The molecule has 2 aliphatic rings. The van der Waals surface area contributed by atoms with Crippen LogP contribution in [0.3, 0.4) is 0 Å². The van der Waals surface area contributed by atoms with Crippen molar-refractivity contribution < 1.29 is 4.92 Å². The fourth-order valence-corrected chi connectivity index (χ4v) is 3.66. The monoisotopic (exact) mass is 304 g/mol. The quantitative estimate of drug-likeness (QED) is 0.634. The lowest BCUT2D eigenvalue weighted by Crippen LogP contribution is -2.51. The Morgan fingerprint density at radius 2 is 1.82 bits per heavy atom. The van der Waals surface area contributed by atoms with Gasteiger partial charge < -0.3 is 4.90 Å². The van der Waals surface area contributed by atoms with Crippen molar-refractivity contribution >= 4 is 11.5 Å². The molecule has 1 aromatic heterocycles. The Morgan fingerprint density at radius 3 is 2.45 bits per heavy atom. The maximum absolute atomic E-state index is 11.2. The highest BCUT2D eigenvalue weighted by Crippen LogP contribution is 2.29. The first-order chi connectivity index (χ1) is 10.6. The topological polar surface area (TPSA) is 62.5 Å². The van der Waals surface area contributed by atoms with Crippen molar-refractivity contribution in [3.63, 3.8) is 0 Å². The van der Waals surface area contributed by atoms with Crippen molar-refractivity contribution in [2.75, 3.05) is 31.1 Å². The van der Waals surface area contributed by atoms with Crippen molar-refractivity contribution in [2.24, 2.45) is 0 Å². The predicted octanol–water partition coefficient (Wildman–Crippen LogP) is 2.75.